The van der Waals surface area contributed by atoms with Crippen LogP contribution in [-0.2, 0) is 6.18 Å². The second-order valence-electron chi connectivity index (χ2n) is 8.20. The van der Waals surface area contributed by atoms with Gasteiger partial charge in [0, 0.05) is 18.8 Å². The Hall–Kier alpha value is -3.50. The molecule has 172 valence electrons. The minimum atomic E-state index is -4.48. The molecule has 0 spiro atoms. The van der Waals surface area contributed by atoms with Crippen molar-refractivity contribution < 1.29 is 27.1 Å². The normalized spacial score (nSPS) is 22.4. The van der Waals surface area contributed by atoms with Crippen LogP contribution in [-0.4, -0.2) is 49.5 Å². The van der Waals surface area contributed by atoms with E-state index in [-0.39, 0.29) is 35.0 Å². The van der Waals surface area contributed by atoms with E-state index in [1.165, 1.54) is 36.7 Å². The highest BCUT2D eigenvalue weighted by molar-refractivity contribution is 5.98. The summed E-state index contributed by atoms with van der Waals surface area (Å²) in [6.45, 7) is 0.492. The van der Waals surface area contributed by atoms with Gasteiger partial charge in [-0.15, -0.1) is 4.80 Å². The van der Waals surface area contributed by atoms with Gasteiger partial charge in [0.2, 0.25) is 5.88 Å². The van der Waals surface area contributed by atoms with E-state index in [4.69, 9.17) is 4.74 Å². The van der Waals surface area contributed by atoms with Crippen molar-refractivity contribution >= 4 is 5.91 Å². The van der Waals surface area contributed by atoms with Crippen molar-refractivity contribution in [1.29, 1.82) is 0 Å². The SMILES string of the molecule is O=C(c1cccc(F)c1-n1nccn1)N1CC2CC[C@@H]1C(Oc1ccc(C(F)(F)F)cn1)C2. The van der Waals surface area contributed by atoms with E-state index >= 15 is 0 Å². The smallest absolute Gasteiger partial charge is 0.417 e. The van der Waals surface area contributed by atoms with Crippen molar-refractivity contribution in [3.63, 3.8) is 0 Å². The van der Waals surface area contributed by atoms with Crippen molar-refractivity contribution in [2.75, 3.05) is 6.54 Å². The topological polar surface area (TPSA) is 73.1 Å². The number of carbonyl (C=O) groups excluding carboxylic acids is 1. The average Bonchev–Trinajstić information content (AvgIpc) is 3.33. The molecule has 3 aliphatic rings. The summed E-state index contributed by atoms with van der Waals surface area (Å²) < 4.78 is 59.0. The van der Waals surface area contributed by atoms with Crippen LogP contribution in [0, 0.1) is 11.7 Å². The van der Waals surface area contributed by atoms with Gasteiger partial charge in [-0.05, 0) is 43.4 Å². The zero-order valence-corrected chi connectivity index (χ0v) is 17.2. The van der Waals surface area contributed by atoms with Gasteiger partial charge in [-0.2, -0.15) is 23.4 Å². The van der Waals surface area contributed by atoms with Gasteiger partial charge in [0.05, 0.1) is 29.6 Å². The largest absolute Gasteiger partial charge is 0.472 e. The van der Waals surface area contributed by atoms with Gasteiger partial charge in [-0.3, -0.25) is 4.79 Å². The van der Waals surface area contributed by atoms with Crippen LogP contribution < -0.4 is 4.74 Å². The Labute approximate surface area is 186 Å². The first kappa shape index (κ1) is 21.4. The summed E-state index contributed by atoms with van der Waals surface area (Å²) in [5.41, 5.74) is -0.760. The predicted octanol–water partition coefficient (Wildman–Crippen LogP) is 3.89. The maximum absolute atomic E-state index is 14.6. The quantitative estimate of drug-likeness (QED) is 0.552. The molecule has 0 radical (unpaired) electrons. The molecule has 1 aromatic carbocycles. The molecule has 11 heteroatoms. The van der Waals surface area contributed by atoms with Gasteiger partial charge < -0.3 is 9.64 Å². The number of fused-ring (bicyclic) bond motifs is 3. The fourth-order valence-corrected chi connectivity index (χ4v) is 4.64. The van der Waals surface area contributed by atoms with Crippen LogP contribution >= 0.6 is 0 Å². The lowest BCUT2D eigenvalue weighted by Crippen LogP contribution is -2.59. The van der Waals surface area contributed by atoms with Gasteiger partial charge in [-0.25, -0.2) is 9.37 Å². The number of amides is 1. The second kappa shape index (κ2) is 8.13. The molecule has 1 saturated carbocycles. The van der Waals surface area contributed by atoms with Crippen LogP contribution in [0.5, 0.6) is 5.88 Å². The molecular weight excluding hydrogens is 442 g/mol. The van der Waals surface area contributed by atoms with Crippen LogP contribution in [0.1, 0.15) is 35.2 Å². The number of ether oxygens (including phenoxy) is 1. The number of rotatable bonds is 4. The number of halogens is 4. The molecular formula is C22H19F4N5O2. The van der Waals surface area contributed by atoms with Gasteiger partial charge in [0.1, 0.15) is 11.8 Å². The number of carbonyl (C=O) groups is 1. The number of benzene rings is 1. The van der Waals surface area contributed by atoms with Crippen molar-refractivity contribution in [2.45, 2.75) is 37.6 Å². The highest BCUT2D eigenvalue weighted by Gasteiger charge is 2.45. The third-order valence-electron chi connectivity index (χ3n) is 6.15. The number of hydrogen-bond donors (Lipinski definition) is 0. The van der Waals surface area contributed by atoms with Crippen molar-refractivity contribution in [3.05, 3.63) is 65.9 Å². The fourth-order valence-electron chi connectivity index (χ4n) is 4.64. The maximum atomic E-state index is 14.6. The number of piperidine rings is 2. The number of hydrogen-bond acceptors (Lipinski definition) is 5. The molecule has 1 aliphatic carbocycles. The van der Waals surface area contributed by atoms with E-state index < -0.39 is 23.7 Å². The highest BCUT2D eigenvalue weighted by Crippen LogP contribution is 2.38. The molecule has 1 amide bonds. The molecule has 2 unspecified atom stereocenters. The minimum Gasteiger partial charge on any atom is -0.472 e. The molecule has 3 aromatic rings. The molecule has 33 heavy (non-hydrogen) atoms. The lowest BCUT2D eigenvalue weighted by atomic mass is 9.77. The highest BCUT2D eigenvalue weighted by atomic mass is 19.4. The van der Waals surface area contributed by atoms with E-state index in [1.807, 2.05) is 0 Å². The molecule has 3 fully saturated rings. The van der Waals surface area contributed by atoms with Crippen molar-refractivity contribution in [1.82, 2.24) is 24.9 Å². The Morgan fingerprint density at radius 3 is 2.55 bits per heavy atom. The third-order valence-corrected chi connectivity index (χ3v) is 6.15. The molecule has 2 saturated heterocycles. The molecule has 7 nitrogen and oxygen atoms in total. The first-order valence-electron chi connectivity index (χ1n) is 10.5. The van der Waals surface area contributed by atoms with Crippen LogP contribution in [0.4, 0.5) is 17.6 Å². The summed E-state index contributed by atoms with van der Waals surface area (Å²) in [7, 11) is 0. The van der Waals surface area contributed by atoms with Gasteiger partial charge in [0.15, 0.2) is 5.82 Å². The maximum Gasteiger partial charge on any atom is 0.417 e. The van der Waals surface area contributed by atoms with E-state index in [9.17, 15) is 22.4 Å². The molecule has 0 N–H and O–H groups in total. The van der Waals surface area contributed by atoms with E-state index in [2.05, 4.69) is 15.2 Å². The summed E-state index contributed by atoms with van der Waals surface area (Å²) in [6.07, 6.45) is 0.853. The van der Waals surface area contributed by atoms with Crippen LogP contribution in [0.3, 0.4) is 0 Å². The summed E-state index contributed by atoms with van der Waals surface area (Å²) >= 11 is 0. The Morgan fingerprint density at radius 1 is 1.09 bits per heavy atom. The summed E-state index contributed by atoms with van der Waals surface area (Å²) in [5.74, 6) is -0.760. The monoisotopic (exact) mass is 461 g/mol. The summed E-state index contributed by atoms with van der Waals surface area (Å²) in [4.78, 5) is 20.0. The molecule has 3 atom stereocenters. The Bertz CT molecular complexity index is 1150. The lowest BCUT2D eigenvalue weighted by molar-refractivity contribution is -0.137. The zero-order chi connectivity index (χ0) is 23.2. The Kier molecular flexibility index (Phi) is 5.26. The van der Waals surface area contributed by atoms with Crippen LogP contribution in [0.25, 0.3) is 5.69 Å². The zero-order valence-electron chi connectivity index (χ0n) is 17.2. The molecule has 2 aliphatic heterocycles. The second-order valence-corrected chi connectivity index (χ2v) is 8.20. The van der Waals surface area contributed by atoms with Gasteiger partial charge in [0.25, 0.3) is 5.91 Å². The average molecular weight is 461 g/mol. The van der Waals surface area contributed by atoms with E-state index in [0.717, 1.165) is 23.5 Å². The number of aromatic nitrogens is 4. The summed E-state index contributed by atoms with van der Waals surface area (Å²) in [5, 5.41) is 7.92. The van der Waals surface area contributed by atoms with Gasteiger partial charge >= 0.3 is 6.18 Å². The molecule has 6 rings (SSSR count). The van der Waals surface area contributed by atoms with E-state index in [0.29, 0.717) is 19.4 Å². The third kappa shape index (κ3) is 4.03. The van der Waals surface area contributed by atoms with E-state index in [1.54, 1.807) is 4.90 Å². The molecule has 2 bridgehead atoms. The standard InChI is InChI=1S/C22H19F4N5O2/c23-16-3-1-2-15(20(16)31-28-8-9-29-31)21(32)30-12-13-4-6-17(30)18(10-13)33-19-7-5-14(11-27-19)22(24,25)26/h1-3,5,7-9,11,13,17-18H,4,6,10,12H2/t13?,17-,18?/m1/s1. The minimum absolute atomic E-state index is 0.0316. The Balaban J connectivity index is 1.40. The summed E-state index contributed by atoms with van der Waals surface area (Å²) in [6, 6.07) is 6.01. The fraction of sp³-hybridized carbons (Fsp3) is 0.364. The first-order chi connectivity index (χ1) is 15.8. The molecule has 4 heterocycles. The van der Waals surface area contributed by atoms with Crippen molar-refractivity contribution in [2.24, 2.45) is 5.92 Å². The predicted molar refractivity (Wildman–Crippen MR) is 107 cm³/mol. The first-order valence-corrected chi connectivity index (χ1v) is 10.5. The number of nitrogens with zero attached hydrogens (tertiary/aromatic N) is 5. The van der Waals surface area contributed by atoms with Crippen molar-refractivity contribution in [3.8, 4) is 11.6 Å². The van der Waals surface area contributed by atoms with Crippen LogP contribution in [0.15, 0.2) is 48.9 Å². The Morgan fingerprint density at radius 2 is 1.88 bits per heavy atom. The van der Waals surface area contributed by atoms with Crippen LogP contribution in [0.2, 0.25) is 0 Å². The number of para-hydroxylation sites is 1. The number of pyridine rings is 1. The van der Waals surface area contributed by atoms with Gasteiger partial charge in [-0.1, -0.05) is 6.07 Å². The number of alkyl halides is 3. The lowest BCUT2D eigenvalue weighted by Gasteiger charge is -2.49. The molecule has 2 aromatic heterocycles.